The molecule has 0 fully saturated rings. The van der Waals surface area contributed by atoms with E-state index in [1.54, 1.807) is 16.8 Å². The number of nitrogens with zero attached hydrogens (tertiary/aromatic N) is 3. The van der Waals surface area contributed by atoms with Crippen molar-refractivity contribution in [2.45, 2.75) is 19.9 Å². The van der Waals surface area contributed by atoms with Crippen LogP contribution in [-0.4, -0.2) is 14.8 Å². The maximum Gasteiger partial charge on any atom is 0.127 e. The van der Waals surface area contributed by atoms with Gasteiger partial charge >= 0.3 is 0 Å². The molecule has 0 aliphatic heterocycles. The predicted octanol–water partition coefficient (Wildman–Crippen LogP) is 4.10. The van der Waals surface area contributed by atoms with Crippen molar-refractivity contribution in [3.8, 4) is 11.1 Å². The number of halogens is 1. The molecule has 0 aliphatic rings. The van der Waals surface area contributed by atoms with E-state index in [-0.39, 0.29) is 11.9 Å². The van der Waals surface area contributed by atoms with Gasteiger partial charge in [0.25, 0.3) is 0 Å². The molecule has 1 N–H and O–H groups in total. The molecule has 0 saturated carbocycles. The van der Waals surface area contributed by atoms with Gasteiger partial charge in [-0.1, -0.05) is 12.1 Å². The third-order valence-corrected chi connectivity index (χ3v) is 3.73. The molecule has 23 heavy (non-hydrogen) atoms. The Labute approximate surface area is 135 Å². The zero-order valence-corrected chi connectivity index (χ0v) is 13.4. The number of hydrogen-bond acceptors (Lipinski definition) is 3. The summed E-state index contributed by atoms with van der Waals surface area (Å²) in [6, 6.07) is 10.6. The van der Waals surface area contributed by atoms with E-state index in [0.29, 0.717) is 0 Å². The van der Waals surface area contributed by atoms with Crippen molar-refractivity contribution in [2.24, 2.45) is 7.05 Å². The van der Waals surface area contributed by atoms with Crippen LogP contribution in [0, 0.1) is 12.7 Å². The first-order valence-corrected chi connectivity index (χ1v) is 7.51. The summed E-state index contributed by atoms with van der Waals surface area (Å²) >= 11 is 0. The van der Waals surface area contributed by atoms with Crippen LogP contribution in [-0.2, 0) is 7.05 Å². The normalized spacial score (nSPS) is 12.2. The fourth-order valence-electron chi connectivity index (χ4n) is 2.54. The summed E-state index contributed by atoms with van der Waals surface area (Å²) in [5, 5.41) is 7.58. The minimum atomic E-state index is -0.228. The molecule has 5 heteroatoms. The lowest BCUT2D eigenvalue weighted by Gasteiger charge is -2.16. The van der Waals surface area contributed by atoms with Gasteiger partial charge in [-0.15, -0.1) is 0 Å². The first-order valence-electron chi connectivity index (χ1n) is 7.51. The van der Waals surface area contributed by atoms with E-state index in [4.69, 9.17) is 0 Å². The third kappa shape index (κ3) is 3.56. The summed E-state index contributed by atoms with van der Waals surface area (Å²) in [5.41, 5.74) is 4.06. The minimum Gasteiger partial charge on any atom is -0.364 e. The molecule has 0 unspecified atom stereocenters. The average Bonchev–Trinajstić information content (AvgIpc) is 2.94. The van der Waals surface area contributed by atoms with Gasteiger partial charge in [-0.05, 0) is 49.2 Å². The summed E-state index contributed by atoms with van der Waals surface area (Å²) in [7, 11) is 1.90. The highest BCUT2D eigenvalue weighted by Gasteiger charge is 2.09. The molecule has 2 heterocycles. The molecule has 1 aromatic carbocycles. The van der Waals surface area contributed by atoms with Gasteiger partial charge < -0.3 is 5.32 Å². The molecule has 1 atom stereocenters. The van der Waals surface area contributed by atoms with Crippen molar-refractivity contribution in [1.29, 1.82) is 0 Å². The number of rotatable bonds is 4. The number of hydrogen-bond donors (Lipinski definition) is 1. The Kier molecular flexibility index (Phi) is 4.10. The van der Waals surface area contributed by atoms with Gasteiger partial charge in [0, 0.05) is 30.5 Å². The van der Waals surface area contributed by atoms with Crippen molar-refractivity contribution in [3.05, 3.63) is 65.9 Å². The van der Waals surface area contributed by atoms with Crippen LogP contribution in [0.4, 0.5) is 10.2 Å². The zero-order chi connectivity index (χ0) is 16.4. The Morgan fingerprint density at radius 2 is 1.87 bits per heavy atom. The first kappa shape index (κ1) is 15.2. The van der Waals surface area contributed by atoms with Crippen LogP contribution in [0.15, 0.2) is 48.8 Å². The highest BCUT2D eigenvalue weighted by Crippen LogP contribution is 2.25. The van der Waals surface area contributed by atoms with Crippen LogP contribution < -0.4 is 5.32 Å². The molecular formula is C18H19FN4. The van der Waals surface area contributed by atoms with Crippen molar-refractivity contribution in [1.82, 2.24) is 14.8 Å². The Balaban J connectivity index is 1.85. The number of nitrogens with one attached hydrogen (secondary N) is 1. The van der Waals surface area contributed by atoms with Crippen LogP contribution in [0.3, 0.4) is 0 Å². The Morgan fingerprint density at radius 1 is 1.13 bits per heavy atom. The molecule has 0 bridgehead atoms. The van der Waals surface area contributed by atoms with E-state index in [9.17, 15) is 4.39 Å². The van der Waals surface area contributed by atoms with Crippen molar-refractivity contribution in [3.63, 3.8) is 0 Å². The second-order valence-electron chi connectivity index (χ2n) is 5.70. The summed E-state index contributed by atoms with van der Waals surface area (Å²) in [6.45, 7) is 3.99. The van der Waals surface area contributed by atoms with E-state index in [0.717, 1.165) is 28.2 Å². The van der Waals surface area contributed by atoms with E-state index in [1.807, 2.05) is 45.4 Å². The number of pyridine rings is 1. The van der Waals surface area contributed by atoms with E-state index in [2.05, 4.69) is 15.4 Å². The molecule has 0 aliphatic carbocycles. The monoisotopic (exact) mass is 310 g/mol. The number of aromatic nitrogens is 3. The van der Waals surface area contributed by atoms with Crippen molar-refractivity contribution >= 4 is 5.82 Å². The van der Waals surface area contributed by atoms with Crippen LogP contribution in [0.2, 0.25) is 0 Å². The van der Waals surface area contributed by atoms with E-state index >= 15 is 0 Å². The van der Waals surface area contributed by atoms with Gasteiger partial charge in [0.05, 0.1) is 6.20 Å². The topological polar surface area (TPSA) is 42.7 Å². The van der Waals surface area contributed by atoms with Crippen molar-refractivity contribution in [2.75, 3.05) is 5.32 Å². The van der Waals surface area contributed by atoms with Gasteiger partial charge in [0.2, 0.25) is 0 Å². The smallest absolute Gasteiger partial charge is 0.127 e. The molecule has 2 aromatic heterocycles. The second kappa shape index (κ2) is 6.20. The summed E-state index contributed by atoms with van der Waals surface area (Å²) < 4.78 is 14.8. The Hall–Kier alpha value is -2.69. The summed E-state index contributed by atoms with van der Waals surface area (Å²) in [6.07, 6.45) is 3.81. The standard InChI is InChI=1S/C18H19FN4/c1-12-8-15(16-10-20-23(3)11-16)9-18(21-12)22-13(2)14-4-6-17(19)7-5-14/h4-11,13H,1-3H3,(H,21,22)/t13-/m0/s1. The lowest BCUT2D eigenvalue weighted by Crippen LogP contribution is -2.08. The lowest BCUT2D eigenvalue weighted by atomic mass is 10.1. The van der Waals surface area contributed by atoms with Crippen molar-refractivity contribution < 1.29 is 4.39 Å². The molecule has 0 radical (unpaired) electrons. The highest BCUT2D eigenvalue weighted by molar-refractivity contribution is 5.66. The summed E-state index contributed by atoms with van der Waals surface area (Å²) in [5.74, 6) is 0.564. The molecule has 3 rings (SSSR count). The molecule has 118 valence electrons. The SMILES string of the molecule is Cc1cc(-c2cnn(C)c2)cc(N[C@@H](C)c2ccc(F)cc2)n1. The van der Waals surface area contributed by atoms with Gasteiger partial charge in [-0.3, -0.25) is 4.68 Å². The van der Waals surface area contributed by atoms with E-state index in [1.165, 1.54) is 12.1 Å². The molecule has 0 amide bonds. The summed E-state index contributed by atoms with van der Waals surface area (Å²) in [4.78, 5) is 4.54. The maximum absolute atomic E-state index is 13.0. The molecule has 0 spiro atoms. The van der Waals surface area contributed by atoms with Crippen LogP contribution in [0.1, 0.15) is 24.2 Å². The molecule has 0 saturated heterocycles. The molecule has 3 aromatic rings. The van der Waals surface area contributed by atoms with Crippen LogP contribution in [0.25, 0.3) is 11.1 Å². The number of aryl methyl sites for hydroxylation is 2. The fourth-order valence-corrected chi connectivity index (χ4v) is 2.54. The quantitative estimate of drug-likeness (QED) is 0.789. The van der Waals surface area contributed by atoms with Gasteiger partial charge in [0.15, 0.2) is 0 Å². The van der Waals surface area contributed by atoms with Crippen LogP contribution >= 0.6 is 0 Å². The fraction of sp³-hybridized carbons (Fsp3) is 0.222. The first-order chi connectivity index (χ1) is 11.0. The van der Waals surface area contributed by atoms with Gasteiger partial charge in [0.1, 0.15) is 11.6 Å². The van der Waals surface area contributed by atoms with Gasteiger partial charge in [-0.2, -0.15) is 5.10 Å². The maximum atomic E-state index is 13.0. The average molecular weight is 310 g/mol. The van der Waals surface area contributed by atoms with Gasteiger partial charge in [-0.25, -0.2) is 9.37 Å². The number of benzene rings is 1. The largest absolute Gasteiger partial charge is 0.364 e. The Morgan fingerprint density at radius 3 is 2.52 bits per heavy atom. The Bertz CT molecular complexity index is 808. The highest BCUT2D eigenvalue weighted by atomic mass is 19.1. The zero-order valence-electron chi connectivity index (χ0n) is 13.4. The molecular weight excluding hydrogens is 291 g/mol. The number of anilines is 1. The lowest BCUT2D eigenvalue weighted by molar-refractivity contribution is 0.626. The third-order valence-electron chi connectivity index (χ3n) is 3.73. The van der Waals surface area contributed by atoms with Crippen LogP contribution in [0.5, 0.6) is 0 Å². The minimum absolute atomic E-state index is 0.0339. The predicted molar refractivity (Wildman–Crippen MR) is 89.6 cm³/mol. The second-order valence-corrected chi connectivity index (χ2v) is 5.70. The molecule has 4 nitrogen and oxygen atoms in total. The van der Waals surface area contributed by atoms with E-state index < -0.39 is 0 Å².